The van der Waals surface area contributed by atoms with Crippen LogP contribution in [0.2, 0.25) is 5.02 Å². The van der Waals surface area contributed by atoms with Gasteiger partial charge < -0.3 is 9.73 Å². The highest BCUT2D eigenvalue weighted by molar-refractivity contribution is 6.30. The van der Waals surface area contributed by atoms with Crippen molar-refractivity contribution in [1.29, 1.82) is 0 Å². The summed E-state index contributed by atoms with van der Waals surface area (Å²) in [5, 5.41) is 5.00. The van der Waals surface area contributed by atoms with Crippen molar-refractivity contribution in [3.8, 4) is 0 Å². The number of nitrogens with zero attached hydrogens (tertiary/aromatic N) is 1. The van der Waals surface area contributed by atoms with Gasteiger partial charge in [0, 0.05) is 22.3 Å². The second-order valence-corrected chi connectivity index (χ2v) is 4.49. The molecular formula is C15H11ClN2O. The summed E-state index contributed by atoms with van der Waals surface area (Å²) < 4.78 is 5.68. The Morgan fingerprint density at radius 2 is 2.00 bits per heavy atom. The molecule has 94 valence electrons. The highest BCUT2D eigenvalue weighted by Gasteiger charge is 2.11. The van der Waals surface area contributed by atoms with Crippen molar-refractivity contribution in [2.24, 2.45) is 0 Å². The van der Waals surface area contributed by atoms with Gasteiger partial charge in [0.15, 0.2) is 11.3 Å². The summed E-state index contributed by atoms with van der Waals surface area (Å²) in [6, 6.07) is 9.40. The van der Waals surface area contributed by atoms with Crippen molar-refractivity contribution in [2.45, 2.75) is 0 Å². The lowest BCUT2D eigenvalue weighted by Crippen LogP contribution is -1.90. The normalized spacial score (nSPS) is 10.6. The molecule has 0 aliphatic carbocycles. The van der Waals surface area contributed by atoms with Crippen LogP contribution in [-0.2, 0) is 0 Å². The first-order valence-corrected chi connectivity index (χ1v) is 6.17. The molecule has 3 aromatic rings. The summed E-state index contributed by atoms with van der Waals surface area (Å²) in [5.74, 6) is 0.693. The van der Waals surface area contributed by atoms with Crippen molar-refractivity contribution in [3.05, 3.63) is 60.1 Å². The molecule has 4 heteroatoms. The van der Waals surface area contributed by atoms with Gasteiger partial charge in [-0.3, -0.25) is 4.98 Å². The summed E-state index contributed by atoms with van der Waals surface area (Å²) in [5.41, 5.74) is 2.55. The Morgan fingerprint density at radius 3 is 2.74 bits per heavy atom. The van der Waals surface area contributed by atoms with E-state index in [0.29, 0.717) is 10.8 Å². The summed E-state index contributed by atoms with van der Waals surface area (Å²) >= 11 is 5.88. The van der Waals surface area contributed by atoms with Crippen molar-refractivity contribution in [2.75, 3.05) is 5.32 Å². The SMILES string of the molecule is C=Cc1oc2cnccc2c1Nc1ccc(Cl)cc1. The first-order chi connectivity index (χ1) is 9.28. The van der Waals surface area contributed by atoms with Crippen LogP contribution in [0.25, 0.3) is 17.0 Å². The van der Waals surface area contributed by atoms with E-state index in [2.05, 4.69) is 16.9 Å². The number of pyridine rings is 1. The molecule has 19 heavy (non-hydrogen) atoms. The zero-order valence-corrected chi connectivity index (χ0v) is 10.8. The second-order valence-electron chi connectivity index (χ2n) is 4.05. The molecule has 0 fully saturated rings. The molecule has 0 bridgehead atoms. The summed E-state index contributed by atoms with van der Waals surface area (Å²) in [6.45, 7) is 3.77. The number of aromatic nitrogens is 1. The van der Waals surface area contributed by atoms with Crippen molar-refractivity contribution < 1.29 is 4.42 Å². The number of anilines is 2. The third kappa shape index (κ3) is 2.20. The van der Waals surface area contributed by atoms with Crippen LogP contribution in [0.4, 0.5) is 11.4 Å². The van der Waals surface area contributed by atoms with E-state index in [-0.39, 0.29) is 0 Å². The first kappa shape index (κ1) is 11.8. The monoisotopic (exact) mass is 270 g/mol. The number of halogens is 1. The Morgan fingerprint density at radius 1 is 1.21 bits per heavy atom. The molecule has 0 aliphatic rings. The molecule has 2 aromatic heterocycles. The van der Waals surface area contributed by atoms with Crippen molar-refractivity contribution >= 4 is 40.0 Å². The third-order valence-corrected chi connectivity index (χ3v) is 3.07. The highest BCUT2D eigenvalue weighted by Crippen LogP contribution is 2.33. The maximum absolute atomic E-state index is 5.88. The maximum atomic E-state index is 5.88. The van der Waals surface area contributed by atoms with Crippen molar-refractivity contribution in [1.82, 2.24) is 4.98 Å². The lowest BCUT2D eigenvalue weighted by molar-refractivity contribution is 0.604. The summed E-state index contributed by atoms with van der Waals surface area (Å²) in [6.07, 6.45) is 5.10. The molecular weight excluding hydrogens is 260 g/mol. The molecule has 0 aliphatic heterocycles. The van der Waals surface area contributed by atoms with Gasteiger partial charge in [0.1, 0.15) is 0 Å². The van der Waals surface area contributed by atoms with E-state index >= 15 is 0 Å². The van der Waals surface area contributed by atoms with E-state index in [4.69, 9.17) is 16.0 Å². The van der Waals surface area contributed by atoms with Crippen LogP contribution in [-0.4, -0.2) is 4.98 Å². The molecule has 2 heterocycles. The standard InChI is InChI=1S/C15H11ClN2O/c1-2-13-15(12-7-8-17-9-14(12)19-13)18-11-5-3-10(16)4-6-11/h2-9,18H,1H2. The lowest BCUT2D eigenvalue weighted by atomic mass is 10.2. The fourth-order valence-electron chi connectivity index (χ4n) is 1.92. The number of furan rings is 1. The number of hydrogen-bond donors (Lipinski definition) is 1. The average Bonchev–Trinajstić information content (AvgIpc) is 2.79. The van der Waals surface area contributed by atoms with E-state index < -0.39 is 0 Å². The van der Waals surface area contributed by atoms with E-state index in [9.17, 15) is 0 Å². The minimum Gasteiger partial charge on any atom is -0.453 e. The van der Waals surface area contributed by atoms with Crippen LogP contribution in [0, 0.1) is 0 Å². The lowest BCUT2D eigenvalue weighted by Gasteiger charge is -2.05. The maximum Gasteiger partial charge on any atom is 0.155 e. The molecule has 1 aromatic carbocycles. The Kier molecular flexibility index (Phi) is 2.97. The van der Waals surface area contributed by atoms with Crippen molar-refractivity contribution in [3.63, 3.8) is 0 Å². The van der Waals surface area contributed by atoms with Gasteiger partial charge in [-0.25, -0.2) is 0 Å². The van der Waals surface area contributed by atoms with E-state index in [1.54, 1.807) is 18.5 Å². The quantitative estimate of drug-likeness (QED) is 0.738. The van der Waals surface area contributed by atoms with Crippen LogP contribution in [0.1, 0.15) is 5.76 Å². The largest absolute Gasteiger partial charge is 0.453 e. The predicted molar refractivity (Wildman–Crippen MR) is 78.8 cm³/mol. The van der Waals surface area contributed by atoms with Crippen LogP contribution >= 0.6 is 11.6 Å². The van der Waals surface area contributed by atoms with E-state index in [1.807, 2.05) is 30.3 Å². The van der Waals surface area contributed by atoms with Gasteiger partial charge in [-0.05, 0) is 36.4 Å². The number of nitrogens with one attached hydrogen (secondary N) is 1. The number of rotatable bonds is 3. The molecule has 1 N–H and O–H groups in total. The number of fused-ring (bicyclic) bond motifs is 1. The fourth-order valence-corrected chi connectivity index (χ4v) is 2.05. The van der Waals surface area contributed by atoms with Gasteiger partial charge in [-0.15, -0.1) is 0 Å². The Balaban J connectivity index is 2.08. The van der Waals surface area contributed by atoms with E-state index in [0.717, 1.165) is 22.3 Å². The first-order valence-electron chi connectivity index (χ1n) is 5.79. The Labute approximate surface area is 115 Å². The van der Waals surface area contributed by atoms with Gasteiger partial charge in [-0.2, -0.15) is 0 Å². The second kappa shape index (κ2) is 4.78. The highest BCUT2D eigenvalue weighted by atomic mass is 35.5. The third-order valence-electron chi connectivity index (χ3n) is 2.82. The molecule has 3 nitrogen and oxygen atoms in total. The Hall–Kier alpha value is -2.26. The molecule has 0 spiro atoms. The van der Waals surface area contributed by atoms with E-state index in [1.165, 1.54) is 0 Å². The summed E-state index contributed by atoms with van der Waals surface area (Å²) in [4.78, 5) is 4.05. The molecule has 3 rings (SSSR count). The zero-order valence-electron chi connectivity index (χ0n) is 10.1. The van der Waals surface area contributed by atoms with Gasteiger partial charge in [0.05, 0.1) is 11.9 Å². The van der Waals surface area contributed by atoms with Gasteiger partial charge >= 0.3 is 0 Å². The predicted octanol–water partition coefficient (Wildman–Crippen LogP) is 4.87. The van der Waals surface area contributed by atoms with Crippen LogP contribution in [0.3, 0.4) is 0 Å². The van der Waals surface area contributed by atoms with Crippen LogP contribution in [0.5, 0.6) is 0 Å². The molecule has 0 unspecified atom stereocenters. The average molecular weight is 271 g/mol. The minimum absolute atomic E-state index is 0.693. The fraction of sp³-hybridized carbons (Fsp3) is 0. The molecule has 0 saturated carbocycles. The molecule has 0 atom stereocenters. The molecule has 0 radical (unpaired) electrons. The van der Waals surface area contributed by atoms with Gasteiger partial charge in [0.25, 0.3) is 0 Å². The van der Waals surface area contributed by atoms with Crippen LogP contribution in [0.15, 0.2) is 53.7 Å². The Bertz CT molecular complexity index is 731. The van der Waals surface area contributed by atoms with Gasteiger partial charge in [-0.1, -0.05) is 18.2 Å². The molecule has 0 amide bonds. The zero-order chi connectivity index (χ0) is 13.2. The van der Waals surface area contributed by atoms with Crippen LogP contribution < -0.4 is 5.32 Å². The smallest absolute Gasteiger partial charge is 0.155 e. The number of hydrogen-bond acceptors (Lipinski definition) is 3. The topological polar surface area (TPSA) is 38.1 Å². The van der Waals surface area contributed by atoms with Gasteiger partial charge in [0.2, 0.25) is 0 Å². The molecule has 0 saturated heterocycles. The summed E-state index contributed by atoms with van der Waals surface area (Å²) in [7, 11) is 0. The minimum atomic E-state index is 0.693. The number of benzene rings is 1.